The molecule has 0 saturated carbocycles. The number of hydrogen-bond donors (Lipinski definition) is 1. The number of thiazole rings is 1. The van der Waals surface area contributed by atoms with Crippen LogP contribution in [0.15, 0.2) is 42.7 Å². The summed E-state index contributed by atoms with van der Waals surface area (Å²) < 4.78 is 0. The molecule has 3 aromatic rings. The Balaban J connectivity index is 1.87. The number of aromatic nitrogens is 2. The predicted molar refractivity (Wildman–Crippen MR) is 79.7 cm³/mol. The van der Waals surface area contributed by atoms with E-state index in [-0.39, 0.29) is 4.88 Å². The van der Waals surface area contributed by atoms with Gasteiger partial charge < -0.3 is 5.11 Å². The Hall–Kier alpha value is -2.53. The van der Waals surface area contributed by atoms with Gasteiger partial charge in [0.2, 0.25) is 0 Å². The molecule has 1 N–H and O–H groups in total. The molecule has 0 bridgehead atoms. The van der Waals surface area contributed by atoms with Gasteiger partial charge in [-0.2, -0.15) is 0 Å². The van der Waals surface area contributed by atoms with Gasteiger partial charge in [0.15, 0.2) is 0 Å². The molecule has 0 radical (unpaired) electrons. The lowest BCUT2D eigenvalue weighted by molar-refractivity contribution is 0.0702. The number of hydrogen-bond acceptors (Lipinski definition) is 4. The van der Waals surface area contributed by atoms with Crippen LogP contribution in [0.5, 0.6) is 0 Å². The van der Waals surface area contributed by atoms with Crippen LogP contribution >= 0.6 is 11.3 Å². The van der Waals surface area contributed by atoms with Crippen LogP contribution in [0.4, 0.5) is 0 Å². The molecule has 1 aromatic carbocycles. The highest BCUT2D eigenvalue weighted by molar-refractivity contribution is 7.14. The standard InChI is InChI=1S/C15H10N2O2S/c18-15(19)13-9-17-14(20-13)6-4-10-3-5-12-11(8-10)2-1-7-16-12/h1-9H,(H,18,19). The van der Waals surface area contributed by atoms with Crippen LogP contribution in [0.25, 0.3) is 23.1 Å². The Kier molecular flexibility index (Phi) is 3.26. The third-order valence-electron chi connectivity index (χ3n) is 2.78. The van der Waals surface area contributed by atoms with E-state index >= 15 is 0 Å². The molecule has 0 aliphatic carbocycles. The van der Waals surface area contributed by atoms with Crippen molar-refractivity contribution in [3.8, 4) is 0 Å². The molecule has 20 heavy (non-hydrogen) atoms. The average Bonchev–Trinajstić information content (AvgIpc) is 2.94. The van der Waals surface area contributed by atoms with Crippen LogP contribution in [0.3, 0.4) is 0 Å². The highest BCUT2D eigenvalue weighted by Gasteiger charge is 2.06. The van der Waals surface area contributed by atoms with Crippen molar-refractivity contribution < 1.29 is 9.90 Å². The second-order valence-corrected chi connectivity index (χ2v) is 5.22. The highest BCUT2D eigenvalue weighted by atomic mass is 32.1. The van der Waals surface area contributed by atoms with Crippen LogP contribution < -0.4 is 0 Å². The van der Waals surface area contributed by atoms with Crippen molar-refractivity contribution in [1.82, 2.24) is 9.97 Å². The van der Waals surface area contributed by atoms with Crippen molar-refractivity contribution in [1.29, 1.82) is 0 Å². The normalized spacial score (nSPS) is 11.2. The number of carboxylic acid groups (broad SMARTS) is 1. The number of benzene rings is 1. The quantitative estimate of drug-likeness (QED) is 0.797. The first kappa shape index (κ1) is 12.5. The zero-order valence-corrected chi connectivity index (χ0v) is 11.2. The topological polar surface area (TPSA) is 63.1 Å². The SMILES string of the molecule is O=C(O)c1cnc(C=Cc2ccc3ncccc3c2)s1. The summed E-state index contributed by atoms with van der Waals surface area (Å²) in [5.74, 6) is -0.945. The van der Waals surface area contributed by atoms with Gasteiger partial charge in [0.05, 0.1) is 11.7 Å². The lowest BCUT2D eigenvalue weighted by Gasteiger charge is -1.97. The number of carboxylic acids is 1. The minimum absolute atomic E-state index is 0.243. The second kappa shape index (κ2) is 5.22. The number of pyridine rings is 1. The molecule has 5 heteroatoms. The number of aromatic carboxylic acids is 1. The molecule has 3 rings (SSSR count). The molecule has 0 aliphatic rings. The van der Waals surface area contributed by atoms with Crippen LogP contribution in [0.1, 0.15) is 20.2 Å². The summed E-state index contributed by atoms with van der Waals surface area (Å²) in [6, 6.07) is 9.86. The zero-order chi connectivity index (χ0) is 13.9. The second-order valence-electron chi connectivity index (χ2n) is 4.16. The van der Waals surface area contributed by atoms with E-state index in [1.165, 1.54) is 6.20 Å². The number of rotatable bonds is 3. The monoisotopic (exact) mass is 282 g/mol. The first-order valence-electron chi connectivity index (χ1n) is 5.94. The lowest BCUT2D eigenvalue weighted by atomic mass is 10.1. The third-order valence-corrected chi connectivity index (χ3v) is 3.73. The first-order chi connectivity index (χ1) is 9.72. The molecule has 0 fully saturated rings. The maximum atomic E-state index is 10.8. The Morgan fingerprint density at radius 1 is 1.20 bits per heavy atom. The number of fused-ring (bicyclic) bond motifs is 1. The van der Waals surface area contributed by atoms with Crippen molar-refractivity contribution in [2.75, 3.05) is 0 Å². The van der Waals surface area contributed by atoms with Gasteiger partial charge in [0.1, 0.15) is 9.88 Å². The molecule has 4 nitrogen and oxygen atoms in total. The maximum absolute atomic E-state index is 10.8. The van der Waals surface area contributed by atoms with Gasteiger partial charge in [-0.05, 0) is 29.8 Å². The summed E-state index contributed by atoms with van der Waals surface area (Å²) >= 11 is 1.15. The van der Waals surface area contributed by atoms with Crippen LogP contribution in [0, 0.1) is 0 Å². The predicted octanol–water partition coefficient (Wildman–Crippen LogP) is 3.56. The van der Waals surface area contributed by atoms with E-state index in [4.69, 9.17) is 5.11 Å². The Morgan fingerprint density at radius 3 is 2.90 bits per heavy atom. The van der Waals surface area contributed by atoms with E-state index in [1.54, 1.807) is 6.20 Å². The van der Waals surface area contributed by atoms with Gasteiger partial charge in [0, 0.05) is 11.6 Å². The molecule has 2 heterocycles. The molecule has 0 unspecified atom stereocenters. The Bertz CT molecular complexity index is 808. The lowest BCUT2D eigenvalue weighted by Crippen LogP contribution is -1.89. The molecule has 0 saturated heterocycles. The largest absolute Gasteiger partial charge is 0.477 e. The van der Waals surface area contributed by atoms with E-state index in [9.17, 15) is 4.79 Å². The fourth-order valence-corrected chi connectivity index (χ4v) is 2.49. The van der Waals surface area contributed by atoms with Gasteiger partial charge in [-0.3, -0.25) is 4.98 Å². The smallest absolute Gasteiger partial charge is 0.347 e. The van der Waals surface area contributed by atoms with Gasteiger partial charge in [-0.1, -0.05) is 18.2 Å². The van der Waals surface area contributed by atoms with Crippen LogP contribution in [-0.4, -0.2) is 21.0 Å². The van der Waals surface area contributed by atoms with E-state index < -0.39 is 5.97 Å². The zero-order valence-electron chi connectivity index (χ0n) is 10.4. The molecule has 0 atom stereocenters. The molecule has 98 valence electrons. The van der Waals surface area contributed by atoms with E-state index in [0.717, 1.165) is 27.8 Å². The van der Waals surface area contributed by atoms with Gasteiger partial charge in [-0.15, -0.1) is 11.3 Å². The first-order valence-corrected chi connectivity index (χ1v) is 6.76. The molecule has 2 aromatic heterocycles. The fourth-order valence-electron chi connectivity index (χ4n) is 1.83. The third kappa shape index (κ3) is 2.57. The van der Waals surface area contributed by atoms with Crippen molar-refractivity contribution in [2.24, 2.45) is 0 Å². The van der Waals surface area contributed by atoms with Gasteiger partial charge >= 0.3 is 5.97 Å². The maximum Gasteiger partial charge on any atom is 0.347 e. The minimum atomic E-state index is -0.945. The summed E-state index contributed by atoms with van der Waals surface area (Å²) in [5.41, 5.74) is 1.98. The van der Waals surface area contributed by atoms with Crippen LogP contribution in [0.2, 0.25) is 0 Å². The molecular weight excluding hydrogens is 272 g/mol. The van der Waals surface area contributed by atoms with E-state index in [2.05, 4.69) is 9.97 Å². The fraction of sp³-hybridized carbons (Fsp3) is 0. The molecule has 0 amide bonds. The van der Waals surface area contributed by atoms with Crippen molar-refractivity contribution in [3.05, 3.63) is 58.2 Å². The molecule has 0 spiro atoms. The van der Waals surface area contributed by atoms with Gasteiger partial charge in [-0.25, -0.2) is 9.78 Å². The summed E-state index contributed by atoms with van der Waals surface area (Å²) in [7, 11) is 0. The summed E-state index contributed by atoms with van der Waals surface area (Å²) in [6.45, 7) is 0. The number of nitrogens with zero attached hydrogens (tertiary/aromatic N) is 2. The summed E-state index contributed by atoms with van der Waals surface area (Å²) in [6.07, 6.45) is 6.86. The Labute approximate surface area is 119 Å². The van der Waals surface area contributed by atoms with Gasteiger partial charge in [0.25, 0.3) is 0 Å². The average molecular weight is 282 g/mol. The minimum Gasteiger partial charge on any atom is -0.477 e. The van der Waals surface area contributed by atoms with Crippen molar-refractivity contribution in [3.63, 3.8) is 0 Å². The highest BCUT2D eigenvalue weighted by Crippen LogP contribution is 2.18. The molecule has 0 aliphatic heterocycles. The summed E-state index contributed by atoms with van der Waals surface area (Å²) in [4.78, 5) is 19.3. The van der Waals surface area contributed by atoms with Crippen molar-refractivity contribution in [2.45, 2.75) is 0 Å². The molecular formula is C15H10N2O2S. The summed E-state index contributed by atoms with van der Waals surface area (Å²) in [5, 5.41) is 10.6. The Morgan fingerprint density at radius 2 is 2.10 bits per heavy atom. The van der Waals surface area contributed by atoms with Crippen LogP contribution in [-0.2, 0) is 0 Å². The van der Waals surface area contributed by atoms with E-state index in [1.807, 2.05) is 42.5 Å². The van der Waals surface area contributed by atoms with Crippen molar-refractivity contribution >= 4 is 40.4 Å². The van der Waals surface area contributed by atoms with E-state index in [0.29, 0.717) is 5.01 Å². The number of carbonyl (C=O) groups is 1.